The van der Waals surface area contributed by atoms with Crippen molar-refractivity contribution in [3.8, 4) is 5.75 Å². The molecule has 0 atom stereocenters. The summed E-state index contributed by atoms with van der Waals surface area (Å²) in [6.45, 7) is 1.72. The summed E-state index contributed by atoms with van der Waals surface area (Å²) in [4.78, 5) is 12.9. The van der Waals surface area contributed by atoms with Gasteiger partial charge in [0, 0.05) is 25.0 Å². The van der Waals surface area contributed by atoms with E-state index in [0.717, 1.165) is 31.2 Å². The number of amides is 1. The second-order valence-corrected chi connectivity index (χ2v) is 10.9. The SMILES string of the molecule is COc1ccc(CC(=O)NCC2(c3ccc(F)cc3)CCCC2)cc1S(=O)(=O)N1CCOCC1. The molecule has 2 aliphatic rings. The molecule has 0 bridgehead atoms. The maximum Gasteiger partial charge on any atom is 0.246 e. The van der Waals surface area contributed by atoms with Gasteiger partial charge in [0.1, 0.15) is 16.5 Å². The normalized spacial score (nSPS) is 18.5. The van der Waals surface area contributed by atoms with Crippen LogP contribution in [0.1, 0.15) is 36.8 Å². The molecule has 7 nitrogen and oxygen atoms in total. The highest BCUT2D eigenvalue weighted by molar-refractivity contribution is 7.89. The van der Waals surface area contributed by atoms with Crippen molar-refractivity contribution in [2.24, 2.45) is 0 Å². The predicted octanol–water partition coefficient (Wildman–Crippen LogP) is 3.03. The molecule has 2 aromatic rings. The summed E-state index contributed by atoms with van der Waals surface area (Å²) in [7, 11) is -2.34. The van der Waals surface area contributed by atoms with Crippen molar-refractivity contribution in [3.63, 3.8) is 0 Å². The van der Waals surface area contributed by atoms with Gasteiger partial charge in [0.15, 0.2) is 0 Å². The van der Waals surface area contributed by atoms with Gasteiger partial charge in [-0.2, -0.15) is 4.31 Å². The fourth-order valence-electron chi connectivity index (χ4n) is 4.90. The molecule has 34 heavy (non-hydrogen) atoms. The molecule has 0 aromatic heterocycles. The lowest BCUT2D eigenvalue weighted by molar-refractivity contribution is -0.120. The Morgan fingerprint density at radius 3 is 2.44 bits per heavy atom. The summed E-state index contributed by atoms with van der Waals surface area (Å²) >= 11 is 0. The average molecular weight is 491 g/mol. The number of nitrogens with one attached hydrogen (secondary N) is 1. The first-order chi connectivity index (χ1) is 16.3. The van der Waals surface area contributed by atoms with E-state index in [1.165, 1.54) is 29.6 Å². The molecular formula is C25H31FN2O5S. The van der Waals surface area contributed by atoms with Crippen LogP contribution in [0.15, 0.2) is 47.4 Å². The first kappa shape index (κ1) is 24.6. The number of hydrogen-bond acceptors (Lipinski definition) is 5. The molecule has 1 saturated heterocycles. The van der Waals surface area contributed by atoms with Gasteiger partial charge in [0.05, 0.1) is 26.7 Å². The van der Waals surface area contributed by atoms with Gasteiger partial charge >= 0.3 is 0 Å². The molecular weight excluding hydrogens is 459 g/mol. The third-order valence-corrected chi connectivity index (χ3v) is 8.74. The van der Waals surface area contributed by atoms with E-state index < -0.39 is 10.0 Å². The maximum absolute atomic E-state index is 13.4. The number of morpholine rings is 1. The highest BCUT2D eigenvalue weighted by Crippen LogP contribution is 2.40. The van der Waals surface area contributed by atoms with Gasteiger partial charge in [0.25, 0.3) is 0 Å². The zero-order valence-corrected chi connectivity index (χ0v) is 20.2. The summed E-state index contributed by atoms with van der Waals surface area (Å²) in [6, 6.07) is 11.4. The van der Waals surface area contributed by atoms with Crippen LogP contribution in [0.3, 0.4) is 0 Å². The van der Waals surface area contributed by atoms with Crippen molar-refractivity contribution in [1.82, 2.24) is 9.62 Å². The summed E-state index contributed by atoms with van der Waals surface area (Å²) in [5.41, 5.74) is 1.43. The molecule has 0 spiro atoms. The van der Waals surface area contributed by atoms with Gasteiger partial charge in [-0.1, -0.05) is 31.0 Å². The topological polar surface area (TPSA) is 84.9 Å². The van der Waals surface area contributed by atoms with Gasteiger partial charge in [0.2, 0.25) is 15.9 Å². The summed E-state index contributed by atoms with van der Waals surface area (Å²) in [5.74, 6) is -0.214. The molecule has 1 heterocycles. The minimum atomic E-state index is -3.77. The van der Waals surface area contributed by atoms with E-state index in [0.29, 0.717) is 25.3 Å². The molecule has 1 amide bonds. The lowest BCUT2D eigenvalue weighted by Crippen LogP contribution is -2.41. The van der Waals surface area contributed by atoms with Gasteiger partial charge in [-0.25, -0.2) is 12.8 Å². The highest BCUT2D eigenvalue weighted by atomic mass is 32.2. The number of halogens is 1. The lowest BCUT2D eigenvalue weighted by atomic mass is 9.78. The number of hydrogen-bond donors (Lipinski definition) is 1. The Balaban J connectivity index is 1.47. The van der Waals surface area contributed by atoms with Gasteiger partial charge < -0.3 is 14.8 Å². The van der Waals surface area contributed by atoms with E-state index in [1.807, 2.05) is 0 Å². The Bertz CT molecular complexity index is 1110. The Morgan fingerprint density at radius 1 is 1.12 bits per heavy atom. The third kappa shape index (κ3) is 5.26. The highest BCUT2D eigenvalue weighted by Gasteiger charge is 2.36. The van der Waals surface area contributed by atoms with E-state index in [4.69, 9.17) is 9.47 Å². The molecule has 2 aromatic carbocycles. The zero-order valence-electron chi connectivity index (χ0n) is 19.4. The fourth-order valence-corrected chi connectivity index (χ4v) is 6.51. The van der Waals surface area contributed by atoms with E-state index in [2.05, 4.69) is 5.32 Å². The second-order valence-electron chi connectivity index (χ2n) is 8.95. The Morgan fingerprint density at radius 2 is 1.79 bits per heavy atom. The zero-order chi connectivity index (χ0) is 24.2. The van der Waals surface area contributed by atoms with Crippen molar-refractivity contribution in [2.75, 3.05) is 40.0 Å². The number of carbonyl (C=O) groups is 1. The molecule has 1 aliphatic heterocycles. The quantitative estimate of drug-likeness (QED) is 0.615. The van der Waals surface area contributed by atoms with Crippen molar-refractivity contribution < 1.29 is 27.1 Å². The standard InChI is InChI=1S/C25H31FN2O5S/c1-32-22-9-4-19(16-23(22)34(30,31)28-12-14-33-15-13-28)17-24(29)27-18-25(10-2-3-11-25)20-5-7-21(26)8-6-20/h4-9,16H,2-3,10-15,17-18H2,1H3,(H,27,29). The van der Waals surface area contributed by atoms with Crippen LogP contribution in [0.4, 0.5) is 4.39 Å². The average Bonchev–Trinajstić information content (AvgIpc) is 3.34. The molecule has 184 valence electrons. The Labute approximate surface area is 200 Å². The van der Waals surface area contributed by atoms with E-state index in [9.17, 15) is 17.6 Å². The third-order valence-electron chi connectivity index (χ3n) is 6.82. The van der Waals surface area contributed by atoms with Crippen LogP contribution in [0, 0.1) is 5.82 Å². The van der Waals surface area contributed by atoms with E-state index in [-0.39, 0.29) is 47.3 Å². The second kappa shape index (κ2) is 10.4. The number of sulfonamides is 1. The van der Waals surface area contributed by atoms with Crippen molar-refractivity contribution in [1.29, 1.82) is 0 Å². The number of rotatable bonds is 8. The number of nitrogens with zero attached hydrogens (tertiary/aromatic N) is 1. The minimum absolute atomic E-state index is 0.0507. The van der Waals surface area contributed by atoms with Gasteiger partial charge in [-0.15, -0.1) is 0 Å². The van der Waals surface area contributed by atoms with Crippen LogP contribution in [0.2, 0.25) is 0 Å². The van der Waals surface area contributed by atoms with Crippen LogP contribution in [-0.2, 0) is 31.4 Å². The molecule has 4 rings (SSSR count). The van der Waals surface area contributed by atoms with Gasteiger partial charge in [-0.3, -0.25) is 4.79 Å². The molecule has 2 fully saturated rings. The van der Waals surface area contributed by atoms with Crippen molar-refractivity contribution in [3.05, 3.63) is 59.4 Å². The molecule has 1 aliphatic carbocycles. The van der Waals surface area contributed by atoms with Crippen molar-refractivity contribution in [2.45, 2.75) is 42.4 Å². The molecule has 1 N–H and O–H groups in total. The maximum atomic E-state index is 13.4. The Hall–Kier alpha value is -2.49. The smallest absolute Gasteiger partial charge is 0.246 e. The van der Waals surface area contributed by atoms with Crippen LogP contribution in [0.5, 0.6) is 5.75 Å². The van der Waals surface area contributed by atoms with Gasteiger partial charge in [-0.05, 0) is 48.2 Å². The van der Waals surface area contributed by atoms with Crippen LogP contribution >= 0.6 is 0 Å². The van der Waals surface area contributed by atoms with Crippen LogP contribution in [0.25, 0.3) is 0 Å². The lowest BCUT2D eigenvalue weighted by Gasteiger charge is -2.30. The monoisotopic (exact) mass is 490 g/mol. The summed E-state index contributed by atoms with van der Waals surface area (Å²) in [5, 5.41) is 3.04. The first-order valence-corrected chi connectivity index (χ1v) is 13.1. The van der Waals surface area contributed by atoms with Crippen LogP contribution in [-0.4, -0.2) is 58.6 Å². The predicted molar refractivity (Wildman–Crippen MR) is 126 cm³/mol. The summed E-state index contributed by atoms with van der Waals surface area (Å²) < 4.78 is 51.7. The number of carbonyl (C=O) groups excluding carboxylic acids is 1. The van der Waals surface area contributed by atoms with Crippen LogP contribution < -0.4 is 10.1 Å². The molecule has 9 heteroatoms. The van der Waals surface area contributed by atoms with Crippen molar-refractivity contribution >= 4 is 15.9 Å². The number of benzene rings is 2. The molecule has 1 saturated carbocycles. The first-order valence-electron chi connectivity index (χ1n) is 11.6. The van der Waals surface area contributed by atoms with E-state index >= 15 is 0 Å². The fraction of sp³-hybridized carbons (Fsp3) is 0.480. The summed E-state index contributed by atoms with van der Waals surface area (Å²) in [6.07, 6.45) is 4.05. The van der Waals surface area contributed by atoms with E-state index in [1.54, 1.807) is 24.3 Å². The Kier molecular flexibility index (Phi) is 7.54. The number of ether oxygens (including phenoxy) is 2. The molecule has 0 unspecified atom stereocenters. The molecule has 0 radical (unpaired) electrons. The largest absolute Gasteiger partial charge is 0.495 e. The number of methoxy groups -OCH3 is 1. The minimum Gasteiger partial charge on any atom is -0.495 e.